The number of hydrogen-bond donors (Lipinski definition) is 2. The summed E-state index contributed by atoms with van der Waals surface area (Å²) in [6.45, 7) is 0. The van der Waals surface area contributed by atoms with Gasteiger partial charge in [0.25, 0.3) is 0 Å². The number of carboxylic acid groups (broad SMARTS) is 2. The van der Waals surface area contributed by atoms with Crippen molar-refractivity contribution in [2.75, 3.05) is 0 Å². The second kappa shape index (κ2) is 8.97. The van der Waals surface area contributed by atoms with Crippen LogP contribution >= 0.6 is 22.7 Å². The fourth-order valence-corrected chi connectivity index (χ4v) is 5.38. The first-order valence-corrected chi connectivity index (χ1v) is 11.7. The number of rotatable bonds is 6. The molecule has 0 radical (unpaired) electrons. The lowest BCUT2D eigenvalue weighted by molar-refractivity contribution is 0.0686. The van der Waals surface area contributed by atoms with Gasteiger partial charge in [0.2, 0.25) is 0 Å². The summed E-state index contributed by atoms with van der Waals surface area (Å²) in [6, 6.07) is 13.5. The molecule has 0 aromatic carbocycles. The first-order chi connectivity index (χ1) is 16.5. The van der Waals surface area contributed by atoms with Crippen LogP contribution < -0.4 is 0 Å². The van der Waals surface area contributed by atoms with Crippen LogP contribution in [-0.4, -0.2) is 37.1 Å². The fraction of sp³-hybridized carbons (Fsp3) is 0. The average molecular weight is 486 g/mol. The molecule has 5 aromatic heterocycles. The predicted molar refractivity (Wildman–Crippen MR) is 133 cm³/mol. The highest BCUT2D eigenvalue weighted by atomic mass is 32.1. The molecule has 0 spiro atoms. The Morgan fingerprint density at radius 3 is 2.12 bits per heavy atom. The van der Waals surface area contributed by atoms with Crippen molar-refractivity contribution in [1.82, 2.24) is 15.0 Å². The second-order valence-electron chi connectivity index (χ2n) is 7.27. The van der Waals surface area contributed by atoms with Crippen molar-refractivity contribution in [2.45, 2.75) is 0 Å². The monoisotopic (exact) mass is 485 g/mol. The summed E-state index contributed by atoms with van der Waals surface area (Å²) in [7, 11) is 0. The highest BCUT2D eigenvalue weighted by molar-refractivity contribution is 7.27. The van der Waals surface area contributed by atoms with E-state index in [1.807, 2.05) is 24.3 Å². The van der Waals surface area contributed by atoms with Gasteiger partial charge in [0.15, 0.2) is 0 Å². The first kappa shape index (κ1) is 21.6. The van der Waals surface area contributed by atoms with E-state index >= 15 is 0 Å². The molecule has 5 aromatic rings. The maximum absolute atomic E-state index is 11.7. The number of fused-ring (bicyclic) bond motifs is 1. The molecule has 0 bridgehead atoms. The summed E-state index contributed by atoms with van der Waals surface area (Å²) in [5.41, 5.74) is 2.28. The van der Waals surface area contributed by atoms with Crippen LogP contribution in [0.25, 0.3) is 44.3 Å². The van der Waals surface area contributed by atoms with Crippen LogP contribution in [-0.2, 0) is 0 Å². The third-order valence-corrected chi connectivity index (χ3v) is 7.05. The molecule has 0 amide bonds. The van der Waals surface area contributed by atoms with Crippen molar-refractivity contribution >= 4 is 56.2 Å². The number of thiophene rings is 2. The van der Waals surface area contributed by atoms with Gasteiger partial charge in [-0.05, 0) is 65.6 Å². The Labute approximate surface area is 201 Å². The van der Waals surface area contributed by atoms with E-state index in [9.17, 15) is 19.8 Å². The van der Waals surface area contributed by atoms with Crippen molar-refractivity contribution in [2.24, 2.45) is 0 Å². The molecule has 5 rings (SSSR count). The minimum atomic E-state index is -1.13. The smallest absolute Gasteiger partial charge is 0.335 e. The molecule has 0 aliphatic rings. The normalized spacial score (nSPS) is 11.3. The van der Waals surface area contributed by atoms with Gasteiger partial charge in [-0.15, -0.1) is 22.7 Å². The first-order valence-electron chi connectivity index (χ1n) is 10.0. The standard InChI is InChI=1S/C25H15N3O4S2/c29-24(30)15-4-7-27-19(10-15)21-12-16(25(31)32)11-20(28-21)18-9-14(3-6-26-18)1-2-17-13-23-22(34-17)5-8-33-23/h1-13H,(H,29,30)(H,31,32)/b2-1+. The minimum absolute atomic E-state index is 0.00364. The van der Waals surface area contributed by atoms with Gasteiger partial charge in [-0.1, -0.05) is 6.08 Å². The minimum Gasteiger partial charge on any atom is -0.478 e. The maximum Gasteiger partial charge on any atom is 0.335 e. The summed E-state index contributed by atoms with van der Waals surface area (Å²) in [4.78, 5) is 37.3. The Hall–Kier alpha value is -4.21. The van der Waals surface area contributed by atoms with E-state index in [0.29, 0.717) is 11.4 Å². The average Bonchev–Trinajstić information content (AvgIpc) is 3.45. The molecule has 0 fully saturated rings. The van der Waals surface area contributed by atoms with Gasteiger partial charge in [0, 0.05) is 26.7 Å². The number of aromatic carboxylic acids is 2. The van der Waals surface area contributed by atoms with Gasteiger partial charge in [-0.2, -0.15) is 0 Å². The van der Waals surface area contributed by atoms with E-state index in [1.165, 1.54) is 39.9 Å². The molecule has 0 saturated carbocycles. The number of hydrogen-bond acceptors (Lipinski definition) is 7. The molecular formula is C25H15N3O4S2. The fourth-order valence-electron chi connectivity index (χ4n) is 3.36. The maximum atomic E-state index is 11.7. The van der Waals surface area contributed by atoms with Crippen LogP contribution in [0.5, 0.6) is 0 Å². The summed E-state index contributed by atoms with van der Waals surface area (Å²) in [5, 5.41) is 20.9. The quantitative estimate of drug-likeness (QED) is 0.301. The Morgan fingerprint density at radius 1 is 0.735 bits per heavy atom. The summed E-state index contributed by atoms with van der Waals surface area (Å²) in [5.74, 6) is -2.24. The van der Waals surface area contributed by atoms with Crippen LogP contribution in [0.3, 0.4) is 0 Å². The van der Waals surface area contributed by atoms with Crippen molar-refractivity contribution < 1.29 is 19.8 Å². The van der Waals surface area contributed by atoms with Crippen LogP contribution in [0, 0.1) is 0 Å². The topological polar surface area (TPSA) is 113 Å². The Bertz CT molecular complexity index is 1560. The van der Waals surface area contributed by atoms with Crippen molar-refractivity contribution in [3.63, 3.8) is 0 Å². The second-order valence-corrected chi connectivity index (χ2v) is 9.34. The van der Waals surface area contributed by atoms with Gasteiger partial charge < -0.3 is 10.2 Å². The molecular weight excluding hydrogens is 470 g/mol. The van der Waals surface area contributed by atoms with Crippen LogP contribution in [0.4, 0.5) is 0 Å². The summed E-state index contributed by atoms with van der Waals surface area (Å²) < 4.78 is 2.51. The summed E-state index contributed by atoms with van der Waals surface area (Å²) >= 11 is 3.42. The lowest BCUT2D eigenvalue weighted by atomic mass is 10.1. The number of carbonyl (C=O) groups is 2. The Morgan fingerprint density at radius 2 is 1.41 bits per heavy atom. The van der Waals surface area contributed by atoms with Gasteiger partial charge in [-0.3, -0.25) is 9.97 Å². The molecule has 9 heteroatoms. The molecule has 0 saturated heterocycles. The van der Waals surface area contributed by atoms with E-state index in [0.717, 1.165) is 10.4 Å². The number of pyridine rings is 3. The molecule has 0 atom stereocenters. The van der Waals surface area contributed by atoms with Gasteiger partial charge in [0.05, 0.1) is 33.9 Å². The molecule has 0 aliphatic carbocycles. The van der Waals surface area contributed by atoms with E-state index in [4.69, 9.17) is 0 Å². The number of aromatic nitrogens is 3. The molecule has 34 heavy (non-hydrogen) atoms. The zero-order valence-electron chi connectivity index (χ0n) is 17.4. The van der Waals surface area contributed by atoms with E-state index in [1.54, 1.807) is 28.9 Å². The van der Waals surface area contributed by atoms with Gasteiger partial charge in [-0.25, -0.2) is 14.6 Å². The SMILES string of the molecule is O=C(O)c1ccnc(-c2cc(C(=O)O)cc(-c3cc(/C=C/c4cc5sccc5s4)ccn3)n2)c1. The molecule has 2 N–H and O–H groups in total. The molecule has 166 valence electrons. The van der Waals surface area contributed by atoms with Gasteiger partial charge in [0.1, 0.15) is 0 Å². The Balaban J connectivity index is 1.52. The molecule has 0 aliphatic heterocycles. The molecule has 0 unspecified atom stereocenters. The van der Waals surface area contributed by atoms with E-state index in [2.05, 4.69) is 32.5 Å². The zero-order valence-corrected chi connectivity index (χ0v) is 19.0. The van der Waals surface area contributed by atoms with Crippen molar-refractivity contribution in [3.05, 3.63) is 87.9 Å². The molecule has 5 heterocycles. The zero-order chi connectivity index (χ0) is 23.7. The highest BCUT2D eigenvalue weighted by Crippen LogP contribution is 2.31. The van der Waals surface area contributed by atoms with Crippen LogP contribution in [0.2, 0.25) is 0 Å². The highest BCUT2D eigenvalue weighted by Gasteiger charge is 2.14. The lowest BCUT2D eigenvalue weighted by Gasteiger charge is -2.08. The largest absolute Gasteiger partial charge is 0.478 e. The predicted octanol–water partition coefficient (Wildman–Crippen LogP) is 6.05. The van der Waals surface area contributed by atoms with Crippen molar-refractivity contribution in [3.8, 4) is 22.8 Å². The number of nitrogens with zero attached hydrogens (tertiary/aromatic N) is 3. The number of carboxylic acids is 2. The third-order valence-electron chi connectivity index (χ3n) is 4.99. The summed E-state index contributed by atoms with van der Waals surface area (Å²) in [6.07, 6.45) is 7.00. The third kappa shape index (κ3) is 4.47. The lowest BCUT2D eigenvalue weighted by Crippen LogP contribution is -2.02. The van der Waals surface area contributed by atoms with E-state index in [-0.39, 0.29) is 22.5 Å². The Kier molecular flexibility index (Phi) is 5.70. The van der Waals surface area contributed by atoms with E-state index < -0.39 is 11.9 Å². The van der Waals surface area contributed by atoms with Gasteiger partial charge >= 0.3 is 11.9 Å². The van der Waals surface area contributed by atoms with Crippen LogP contribution in [0.15, 0.2) is 66.3 Å². The van der Waals surface area contributed by atoms with Crippen molar-refractivity contribution in [1.29, 1.82) is 0 Å². The molecule has 7 nitrogen and oxygen atoms in total. The van der Waals surface area contributed by atoms with Crippen LogP contribution in [0.1, 0.15) is 31.2 Å².